The summed E-state index contributed by atoms with van der Waals surface area (Å²) in [7, 11) is 1.67. The molecule has 1 heterocycles. The van der Waals surface area contributed by atoms with Crippen molar-refractivity contribution in [2.24, 2.45) is 5.73 Å². The van der Waals surface area contributed by atoms with Crippen molar-refractivity contribution >= 4 is 0 Å². The first-order valence-electron chi connectivity index (χ1n) is 7.36. The summed E-state index contributed by atoms with van der Waals surface area (Å²) in [5, 5.41) is 10.2. The molecule has 1 aliphatic rings. The first kappa shape index (κ1) is 15.3. The quantitative estimate of drug-likeness (QED) is 0.883. The maximum Gasteiger partial charge on any atom is 0.118 e. The van der Waals surface area contributed by atoms with Crippen LogP contribution in [-0.4, -0.2) is 42.4 Å². The normalized spacial score (nSPS) is 26.0. The highest BCUT2D eigenvalue weighted by molar-refractivity contribution is 5.29. The SMILES string of the molecule is COc1ccc(C(CN)N2CCCC(C)(O)CC2)cc1. The van der Waals surface area contributed by atoms with E-state index >= 15 is 0 Å². The summed E-state index contributed by atoms with van der Waals surface area (Å²) in [6.45, 7) is 4.40. The lowest BCUT2D eigenvalue weighted by Gasteiger charge is -2.30. The third kappa shape index (κ3) is 3.72. The van der Waals surface area contributed by atoms with Gasteiger partial charge in [-0.1, -0.05) is 12.1 Å². The summed E-state index contributed by atoms with van der Waals surface area (Å²) in [5.74, 6) is 0.864. The monoisotopic (exact) mass is 278 g/mol. The maximum absolute atomic E-state index is 10.2. The first-order chi connectivity index (χ1) is 9.55. The van der Waals surface area contributed by atoms with Gasteiger partial charge in [0, 0.05) is 19.1 Å². The van der Waals surface area contributed by atoms with E-state index in [-0.39, 0.29) is 6.04 Å². The molecule has 4 nitrogen and oxygen atoms in total. The summed E-state index contributed by atoms with van der Waals surface area (Å²) in [5.41, 5.74) is 6.67. The molecule has 1 saturated heterocycles. The number of ether oxygens (including phenoxy) is 1. The van der Waals surface area contributed by atoms with Crippen LogP contribution >= 0.6 is 0 Å². The molecule has 2 atom stereocenters. The van der Waals surface area contributed by atoms with Crippen LogP contribution in [0.4, 0.5) is 0 Å². The lowest BCUT2D eigenvalue weighted by Crippen LogP contribution is -2.35. The topological polar surface area (TPSA) is 58.7 Å². The van der Waals surface area contributed by atoms with Crippen LogP contribution in [-0.2, 0) is 0 Å². The molecule has 0 saturated carbocycles. The molecule has 0 aromatic heterocycles. The van der Waals surface area contributed by atoms with Gasteiger partial charge >= 0.3 is 0 Å². The van der Waals surface area contributed by atoms with E-state index in [2.05, 4.69) is 17.0 Å². The largest absolute Gasteiger partial charge is 0.497 e. The van der Waals surface area contributed by atoms with E-state index in [1.54, 1.807) is 7.11 Å². The number of hydrogen-bond acceptors (Lipinski definition) is 4. The second kappa shape index (κ2) is 6.57. The van der Waals surface area contributed by atoms with Crippen molar-refractivity contribution in [2.45, 2.75) is 37.8 Å². The van der Waals surface area contributed by atoms with Gasteiger partial charge in [-0.2, -0.15) is 0 Å². The Bertz CT molecular complexity index is 417. The predicted octanol–water partition coefficient (Wildman–Crippen LogP) is 1.93. The fourth-order valence-electron chi connectivity index (χ4n) is 2.92. The lowest BCUT2D eigenvalue weighted by atomic mass is 9.98. The smallest absolute Gasteiger partial charge is 0.118 e. The van der Waals surface area contributed by atoms with E-state index in [0.29, 0.717) is 6.54 Å². The molecule has 1 aromatic carbocycles. The Labute approximate surface area is 121 Å². The van der Waals surface area contributed by atoms with Crippen LogP contribution in [0.5, 0.6) is 5.75 Å². The fourth-order valence-corrected chi connectivity index (χ4v) is 2.92. The van der Waals surface area contributed by atoms with E-state index in [1.165, 1.54) is 5.56 Å². The van der Waals surface area contributed by atoms with Gasteiger partial charge in [-0.25, -0.2) is 0 Å². The molecule has 4 heteroatoms. The van der Waals surface area contributed by atoms with Crippen molar-refractivity contribution in [1.29, 1.82) is 0 Å². The predicted molar refractivity (Wildman–Crippen MR) is 80.8 cm³/mol. The average Bonchev–Trinajstić information content (AvgIpc) is 2.62. The van der Waals surface area contributed by atoms with E-state index in [9.17, 15) is 5.11 Å². The lowest BCUT2D eigenvalue weighted by molar-refractivity contribution is 0.0431. The molecule has 0 spiro atoms. The van der Waals surface area contributed by atoms with Crippen molar-refractivity contribution in [3.05, 3.63) is 29.8 Å². The molecule has 2 rings (SSSR count). The Hall–Kier alpha value is -1.10. The van der Waals surface area contributed by atoms with Crippen LogP contribution in [0, 0.1) is 0 Å². The minimum atomic E-state index is -0.534. The average molecular weight is 278 g/mol. The molecule has 0 amide bonds. The number of methoxy groups -OCH3 is 1. The molecular weight excluding hydrogens is 252 g/mol. The maximum atomic E-state index is 10.2. The van der Waals surface area contributed by atoms with Crippen LogP contribution in [0.3, 0.4) is 0 Å². The van der Waals surface area contributed by atoms with Gasteiger partial charge in [-0.15, -0.1) is 0 Å². The van der Waals surface area contributed by atoms with Gasteiger partial charge in [0.1, 0.15) is 5.75 Å². The molecule has 2 unspecified atom stereocenters. The van der Waals surface area contributed by atoms with Crippen molar-refractivity contribution < 1.29 is 9.84 Å². The fraction of sp³-hybridized carbons (Fsp3) is 0.625. The molecule has 1 aliphatic heterocycles. The zero-order valence-electron chi connectivity index (χ0n) is 12.5. The second-order valence-electron chi connectivity index (χ2n) is 5.91. The third-order valence-electron chi connectivity index (χ3n) is 4.26. The van der Waals surface area contributed by atoms with Gasteiger partial charge in [0.25, 0.3) is 0 Å². The van der Waals surface area contributed by atoms with Crippen LogP contribution in [0.25, 0.3) is 0 Å². The Kier molecular flexibility index (Phi) is 5.02. The molecule has 112 valence electrons. The number of aliphatic hydroxyl groups is 1. The molecule has 0 aliphatic carbocycles. The first-order valence-corrected chi connectivity index (χ1v) is 7.36. The van der Waals surface area contributed by atoms with Gasteiger partial charge < -0.3 is 15.6 Å². The van der Waals surface area contributed by atoms with E-state index in [4.69, 9.17) is 10.5 Å². The van der Waals surface area contributed by atoms with Crippen molar-refractivity contribution in [1.82, 2.24) is 4.90 Å². The molecule has 0 bridgehead atoms. The number of benzene rings is 1. The summed E-state index contributed by atoms with van der Waals surface area (Å²) >= 11 is 0. The Balaban J connectivity index is 2.10. The van der Waals surface area contributed by atoms with Crippen LogP contribution in [0.1, 0.15) is 37.8 Å². The highest BCUT2D eigenvalue weighted by Crippen LogP contribution is 2.28. The summed E-state index contributed by atoms with van der Waals surface area (Å²) in [4.78, 5) is 2.39. The third-order valence-corrected chi connectivity index (χ3v) is 4.26. The second-order valence-corrected chi connectivity index (χ2v) is 5.91. The summed E-state index contributed by atoms with van der Waals surface area (Å²) < 4.78 is 5.20. The number of nitrogens with two attached hydrogens (primary N) is 1. The van der Waals surface area contributed by atoms with Crippen molar-refractivity contribution in [3.8, 4) is 5.75 Å². The Morgan fingerprint density at radius 2 is 2.00 bits per heavy atom. The summed E-state index contributed by atoms with van der Waals surface area (Å²) in [6.07, 6.45) is 2.68. The van der Waals surface area contributed by atoms with E-state index in [0.717, 1.165) is 38.1 Å². The van der Waals surface area contributed by atoms with E-state index < -0.39 is 5.60 Å². The summed E-state index contributed by atoms with van der Waals surface area (Å²) in [6, 6.07) is 8.34. The van der Waals surface area contributed by atoms with Crippen LogP contribution in [0.15, 0.2) is 24.3 Å². The van der Waals surface area contributed by atoms with Crippen molar-refractivity contribution in [3.63, 3.8) is 0 Å². The van der Waals surface area contributed by atoms with Gasteiger partial charge in [-0.05, 0) is 50.4 Å². The number of rotatable bonds is 4. The highest BCUT2D eigenvalue weighted by Gasteiger charge is 2.28. The van der Waals surface area contributed by atoms with Gasteiger partial charge in [0.05, 0.1) is 12.7 Å². The molecule has 1 fully saturated rings. The van der Waals surface area contributed by atoms with E-state index in [1.807, 2.05) is 19.1 Å². The molecule has 3 N–H and O–H groups in total. The molecule has 20 heavy (non-hydrogen) atoms. The Morgan fingerprint density at radius 3 is 2.60 bits per heavy atom. The highest BCUT2D eigenvalue weighted by atomic mass is 16.5. The molecule has 0 radical (unpaired) electrons. The van der Waals surface area contributed by atoms with Gasteiger partial charge in [0.2, 0.25) is 0 Å². The van der Waals surface area contributed by atoms with Gasteiger partial charge in [-0.3, -0.25) is 4.90 Å². The van der Waals surface area contributed by atoms with Crippen LogP contribution < -0.4 is 10.5 Å². The minimum absolute atomic E-state index is 0.217. The van der Waals surface area contributed by atoms with Crippen LogP contribution in [0.2, 0.25) is 0 Å². The zero-order valence-corrected chi connectivity index (χ0v) is 12.5. The minimum Gasteiger partial charge on any atom is -0.497 e. The standard InChI is InChI=1S/C16H26N2O2/c1-16(19)8-3-10-18(11-9-16)15(12-17)13-4-6-14(20-2)7-5-13/h4-7,15,19H,3,8-12,17H2,1-2H3. The number of hydrogen-bond donors (Lipinski definition) is 2. The number of nitrogens with zero attached hydrogens (tertiary/aromatic N) is 1. The zero-order chi connectivity index (χ0) is 14.6. The Morgan fingerprint density at radius 1 is 1.30 bits per heavy atom. The molecule has 1 aromatic rings. The molecular formula is C16H26N2O2. The van der Waals surface area contributed by atoms with Crippen molar-refractivity contribution in [2.75, 3.05) is 26.7 Å². The van der Waals surface area contributed by atoms with Gasteiger partial charge in [0.15, 0.2) is 0 Å². The number of likely N-dealkylation sites (tertiary alicyclic amines) is 1.